The van der Waals surface area contributed by atoms with Crippen LogP contribution in [0.25, 0.3) is 10.9 Å². The summed E-state index contributed by atoms with van der Waals surface area (Å²) in [6.07, 6.45) is 3.04. The van der Waals surface area contributed by atoms with Gasteiger partial charge in [0.2, 0.25) is 5.91 Å². The molecule has 1 saturated heterocycles. The van der Waals surface area contributed by atoms with Crippen LogP contribution in [-0.4, -0.2) is 41.9 Å². The lowest BCUT2D eigenvalue weighted by Crippen LogP contribution is -2.43. The van der Waals surface area contributed by atoms with E-state index in [1.165, 1.54) is 15.6 Å². The van der Waals surface area contributed by atoms with Gasteiger partial charge < -0.3 is 5.32 Å². The average molecular weight is 390 g/mol. The van der Waals surface area contributed by atoms with Gasteiger partial charge in [0.15, 0.2) is 0 Å². The smallest absolute Gasteiger partial charge is 0.252 e. The number of fused-ring (bicyclic) bond motifs is 1. The van der Waals surface area contributed by atoms with Crippen LogP contribution in [0.3, 0.4) is 0 Å². The van der Waals surface area contributed by atoms with Crippen LogP contribution in [0.4, 0.5) is 5.69 Å². The van der Waals surface area contributed by atoms with Gasteiger partial charge in [-0.3, -0.25) is 9.89 Å². The highest BCUT2D eigenvalue weighted by atomic mass is 32.2. The Balaban J connectivity index is 1.47. The third kappa shape index (κ3) is 3.25. The van der Waals surface area contributed by atoms with Crippen molar-refractivity contribution in [3.05, 3.63) is 41.9 Å². The Kier molecular flexibility index (Phi) is 4.51. The molecule has 3 aromatic rings. The van der Waals surface area contributed by atoms with E-state index in [9.17, 15) is 13.2 Å². The van der Waals surface area contributed by atoms with Crippen molar-refractivity contribution in [2.45, 2.75) is 17.1 Å². The van der Waals surface area contributed by atoms with Crippen LogP contribution >= 0.6 is 11.3 Å². The lowest BCUT2D eigenvalue weighted by molar-refractivity contribution is -0.120. The molecule has 9 heteroatoms. The quantitative estimate of drug-likeness (QED) is 0.716. The number of benzene rings is 1. The molecule has 26 heavy (non-hydrogen) atoms. The molecular formula is C17H18N4O3S2. The van der Waals surface area contributed by atoms with Crippen molar-refractivity contribution in [1.29, 1.82) is 0 Å². The largest absolute Gasteiger partial charge is 0.326 e. The summed E-state index contributed by atoms with van der Waals surface area (Å²) in [7, 11) is -3.52. The van der Waals surface area contributed by atoms with Crippen LogP contribution in [-0.2, 0) is 14.8 Å². The van der Waals surface area contributed by atoms with Crippen molar-refractivity contribution in [1.82, 2.24) is 14.5 Å². The number of amides is 1. The summed E-state index contributed by atoms with van der Waals surface area (Å²) in [5, 5.41) is 12.4. The predicted molar refractivity (Wildman–Crippen MR) is 101 cm³/mol. The second kappa shape index (κ2) is 6.82. The summed E-state index contributed by atoms with van der Waals surface area (Å²) in [4.78, 5) is 12.6. The Morgan fingerprint density at radius 1 is 1.35 bits per heavy atom. The Morgan fingerprint density at radius 2 is 2.23 bits per heavy atom. The molecule has 0 aliphatic carbocycles. The number of nitrogens with one attached hydrogen (secondary N) is 2. The Hall–Kier alpha value is -2.23. The number of H-pyrrole nitrogens is 1. The predicted octanol–water partition coefficient (Wildman–Crippen LogP) is 2.66. The molecule has 0 radical (unpaired) electrons. The topological polar surface area (TPSA) is 95.2 Å². The number of rotatable bonds is 4. The van der Waals surface area contributed by atoms with E-state index in [0.717, 1.165) is 10.9 Å². The van der Waals surface area contributed by atoms with Crippen molar-refractivity contribution < 1.29 is 13.2 Å². The second-order valence-electron chi connectivity index (χ2n) is 6.30. The maximum absolute atomic E-state index is 12.7. The molecule has 136 valence electrons. The third-order valence-electron chi connectivity index (χ3n) is 4.55. The molecule has 1 aliphatic rings. The molecule has 0 spiro atoms. The van der Waals surface area contributed by atoms with Gasteiger partial charge in [0.1, 0.15) is 4.21 Å². The van der Waals surface area contributed by atoms with Crippen LogP contribution in [0.15, 0.2) is 46.1 Å². The first-order valence-electron chi connectivity index (χ1n) is 8.32. The first kappa shape index (κ1) is 17.2. The van der Waals surface area contributed by atoms with Crippen LogP contribution < -0.4 is 5.32 Å². The summed E-state index contributed by atoms with van der Waals surface area (Å²) in [6.45, 7) is 0.658. The Morgan fingerprint density at radius 3 is 3.04 bits per heavy atom. The normalized spacial score (nSPS) is 18.8. The molecule has 2 N–H and O–H groups in total. The van der Waals surface area contributed by atoms with Crippen LogP contribution in [0.5, 0.6) is 0 Å². The van der Waals surface area contributed by atoms with E-state index in [1.807, 2.05) is 12.1 Å². The maximum Gasteiger partial charge on any atom is 0.252 e. The molecule has 2 aromatic heterocycles. The summed E-state index contributed by atoms with van der Waals surface area (Å²) >= 11 is 1.20. The molecular weight excluding hydrogens is 372 g/mol. The lowest BCUT2D eigenvalue weighted by atomic mass is 9.98. The number of carbonyl (C=O) groups excluding carboxylic acids is 1. The number of hydrogen-bond donors (Lipinski definition) is 2. The van der Waals surface area contributed by atoms with Crippen molar-refractivity contribution in [3.8, 4) is 0 Å². The number of aromatic amines is 1. The lowest BCUT2D eigenvalue weighted by Gasteiger charge is -2.30. The molecule has 1 aromatic carbocycles. The minimum absolute atomic E-state index is 0.154. The fraction of sp³-hybridized carbons (Fsp3) is 0.294. The molecule has 4 rings (SSSR count). The molecule has 1 unspecified atom stereocenters. The van der Waals surface area contributed by atoms with Crippen molar-refractivity contribution in [3.63, 3.8) is 0 Å². The molecule has 1 aliphatic heterocycles. The van der Waals surface area contributed by atoms with E-state index in [1.54, 1.807) is 29.8 Å². The van der Waals surface area contributed by atoms with Gasteiger partial charge in [0.25, 0.3) is 10.0 Å². The summed E-state index contributed by atoms with van der Waals surface area (Å²) < 4.78 is 27.1. The van der Waals surface area contributed by atoms with Crippen molar-refractivity contribution in [2.24, 2.45) is 5.92 Å². The van der Waals surface area contributed by atoms with Gasteiger partial charge in [0.05, 0.1) is 17.6 Å². The zero-order valence-corrected chi connectivity index (χ0v) is 15.5. The summed E-state index contributed by atoms with van der Waals surface area (Å²) in [6, 6.07) is 8.83. The monoisotopic (exact) mass is 390 g/mol. The molecule has 1 amide bonds. The van der Waals surface area contributed by atoms with Gasteiger partial charge in [-0.25, -0.2) is 8.42 Å². The second-order valence-corrected chi connectivity index (χ2v) is 9.41. The Labute approximate surface area is 155 Å². The zero-order valence-electron chi connectivity index (χ0n) is 13.9. The minimum Gasteiger partial charge on any atom is -0.326 e. The number of sulfonamides is 1. The molecule has 0 saturated carbocycles. The van der Waals surface area contributed by atoms with E-state index < -0.39 is 10.0 Å². The van der Waals surface area contributed by atoms with E-state index in [-0.39, 0.29) is 18.4 Å². The number of anilines is 1. The van der Waals surface area contributed by atoms with E-state index in [0.29, 0.717) is 29.3 Å². The van der Waals surface area contributed by atoms with Gasteiger partial charge in [-0.15, -0.1) is 11.3 Å². The molecule has 1 atom stereocenters. The fourth-order valence-electron chi connectivity index (χ4n) is 3.18. The third-order valence-corrected chi connectivity index (χ3v) is 7.79. The standard InChI is InChI=1S/C17H18N4O3S2/c22-17(19-14-5-6-15-13(9-14)10-18-20-15)12-3-1-7-21(11-12)26(23,24)16-4-2-8-25-16/h2,4-6,8-10,12H,1,3,7,11H2,(H,18,20)(H,19,22). The summed E-state index contributed by atoms with van der Waals surface area (Å²) in [5.41, 5.74) is 1.58. The van der Waals surface area contributed by atoms with Crippen molar-refractivity contribution in [2.75, 3.05) is 18.4 Å². The van der Waals surface area contributed by atoms with Crippen LogP contribution in [0.2, 0.25) is 0 Å². The number of aromatic nitrogens is 2. The van der Waals surface area contributed by atoms with E-state index in [2.05, 4.69) is 15.5 Å². The van der Waals surface area contributed by atoms with E-state index in [4.69, 9.17) is 0 Å². The average Bonchev–Trinajstić information content (AvgIpc) is 3.33. The van der Waals surface area contributed by atoms with Gasteiger partial charge in [0, 0.05) is 24.2 Å². The summed E-state index contributed by atoms with van der Waals surface area (Å²) in [5.74, 6) is -0.516. The minimum atomic E-state index is -3.52. The SMILES string of the molecule is O=C(Nc1ccc2[nH]ncc2c1)C1CCCN(S(=O)(=O)c2cccs2)C1. The maximum atomic E-state index is 12.7. The van der Waals surface area contributed by atoms with E-state index >= 15 is 0 Å². The highest BCUT2D eigenvalue weighted by Gasteiger charge is 2.33. The number of hydrogen-bond acceptors (Lipinski definition) is 5. The van der Waals surface area contributed by atoms with Gasteiger partial charge in [-0.2, -0.15) is 9.40 Å². The molecule has 3 heterocycles. The highest BCUT2D eigenvalue weighted by Crippen LogP contribution is 2.27. The van der Waals surface area contributed by atoms with Crippen LogP contribution in [0, 0.1) is 5.92 Å². The molecule has 1 fully saturated rings. The number of piperidine rings is 1. The van der Waals surface area contributed by atoms with Crippen LogP contribution in [0.1, 0.15) is 12.8 Å². The number of thiophene rings is 1. The molecule has 0 bridgehead atoms. The number of carbonyl (C=O) groups is 1. The first-order valence-corrected chi connectivity index (χ1v) is 10.6. The first-order chi connectivity index (χ1) is 12.5. The highest BCUT2D eigenvalue weighted by molar-refractivity contribution is 7.91. The van der Waals surface area contributed by atoms with Crippen molar-refractivity contribution >= 4 is 43.9 Å². The Bertz CT molecular complexity index is 1030. The molecule has 7 nitrogen and oxygen atoms in total. The van der Waals surface area contributed by atoms with Gasteiger partial charge in [-0.1, -0.05) is 6.07 Å². The zero-order chi connectivity index (χ0) is 18.1. The fourth-order valence-corrected chi connectivity index (χ4v) is 5.85. The number of nitrogens with zero attached hydrogens (tertiary/aromatic N) is 2. The van der Waals surface area contributed by atoms with Gasteiger partial charge >= 0.3 is 0 Å². The van der Waals surface area contributed by atoms with Gasteiger partial charge in [-0.05, 0) is 42.5 Å².